The van der Waals surface area contributed by atoms with Crippen LogP contribution in [0.5, 0.6) is 0 Å². The second-order valence-corrected chi connectivity index (χ2v) is 4.07. The molecule has 1 amide bonds. The van der Waals surface area contributed by atoms with Crippen molar-refractivity contribution in [2.24, 2.45) is 0 Å². The van der Waals surface area contributed by atoms with Gasteiger partial charge in [0.25, 0.3) is 5.91 Å². The van der Waals surface area contributed by atoms with Gasteiger partial charge in [0.1, 0.15) is 5.82 Å². The first kappa shape index (κ1) is 13.0. The van der Waals surface area contributed by atoms with Crippen LogP contribution in [0.3, 0.4) is 0 Å². The van der Waals surface area contributed by atoms with Crippen molar-refractivity contribution in [3.63, 3.8) is 0 Å². The molecule has 2 heterocycles. The summed E-state index contributed by atoms with van der Waals surface area (Å²) >= 11 is 0. The quantitative estimate of drug-likeness (QED) is 0.881. The van der Waals surface area contributed by atoms with Crippen LogP contribution in [0.25, 0.3) is 0 Å². The van der Waals surface area contributed by atoms with E-state index in [-0.39, 0.29) is 5.91 Å². The number of carbonyl (C=O) groups is 1. The topological polar surface area (TPSA) is 66.9 Å². The lowest BCUT2D eigenvalue weighted by molar-refractivity contribution is 0.102. The maximum Gasteiger partial charge on any atom is 0.259 e. The number of aryl methyl sites for hydroxylation is 1. The van der Waals surface area contributed by atoms with Crippen molar-refractivity contribution in [2.45, 2.75) is 13.8 Å². The number of rotatable bonds is 4. The molecule has 0 saturated carbocycles. The molecule has 2 N–H and O–H groups in total. The molecule has 0 bridgehead atoms. The summed E-state index contributed by atoms with van der Waals surface area (Å²) in [7, 11) is 0. The first-order valence-electron chi connectivity index (χ1n) is 6.13. The summed E-state index contributed by atoms with van der Waals surface area (Å²) in [5.74, 6) is 0.381. The number of carbonyl (C=O) groups excluding carboxylic acids is 1. The number of anilines is 2. The predicted octanol–water partition coefficient (Wildman–Crippen LogP) is 2.47. The van der Waals surface area contributed by atoms with Gasteiger partial charge in [0.05, 0.1) is 17.4 Å². The van der Waals surface area contributed by atoms with E-state index in [0.717, 1.165) is 17.8 Å². The second-order valence-electron chi connectivity index (χ2n) is 4.07. The second kappa shape index (κ2) is 5.95. The smallest absolute Gasteiger partial charge is 0.259 e. The molecule has 0 aliphatic rings. The lowest BCUT2D eigenvalue weighted by Crippen LogP contribution is -2.16. The Labute approximate surface area is 112 Å². The van der Waals surface area contributed by atoms with Gasteiger partial charge in [-0.1, -0.05) is 6.07 Å². The van der Waals surface area contributed by atoms with E-state index in [1.54, 1.807) is 24.7 Å². The van der Waals surface area contributed by atoms with E-state index in [0.29, 0.717) is 11.4 Å². The first-order valence-corrected chi connectivity index (χ1v) is 6.13. The van der Waals surface area contributed by atoms with Crippen LogP contribution >= 0.6 is 0 Å². The van der Waals surface area contributed by atoms with E-state index >= 15 is 0 Å². The zero-order valence-electron chi connectivity index (χ0n) is 11.0. The maximum absolute atomic E-state index is 12.2. The molecule has 0 radical (unpaired) electrons. The molecule has 98 valence electrons. The van der Waals surface area contributed by atoms with Crippen LogP contribution in [0, 0.1) is 6.92 Å². The lowest BCUT2D eigenvalue weighted by Gasteiger charge is -2.11. The van der Waals surface area contributed by atoms with Crippen LogP contribution in [-0.2, 0) is 0 Å². The third-order valence-electron chi connectivity index (χ3n) is 2.67. The van der Waals surface area contributed by atoms with Gasteiger partial charge in [-0.25, -0.2) is 4.98 Å². The molecular formula is C14H16N4O. The Morgan fingerprint density at radius 2 is 2.16 bits per heavy atom. The Kier molecular flexibility index (Phi) is 4.07. The summed E-state index contributed by atoms with van der Waals surface area (Å²) < 4.78 is 0. The minimum absolute atomic E-state index is 0.194. The summed E-state index contributed by atoms with van der Waals surface area (Å²) in [4.78, 5) is 20.4. The molecule has 5 heteroatoms. The number of hydrogen-bond acceptors (Lipinski definition) is 4. The number of nitrogens with one attached hydrogen (secondary N) is 2. The van der Waals surface area contributed by atoms with Crippen LogP contribution in [0.15, 0.2) is 36.8 Å². The molecule has 2 aromatic rings. The monoisotopic (exact) mass is 256 g/mol. The zero-order valence-corrected chi connectivity index (χ0v) is 11.0. The fraction of sp³-hybridized carbons (Fsp3) is 0.214. The Bertz CT molecular complexity index is 583. The van der Waals surface area contributed by atoms with E-state index < -0.39 is 0 Å². The van der Waals surface area contributed by atoms with Gasteiger partial charge in [0, 0.05) is 18.9 Å². The van der Waals surface area contributed by atoms with Crippen molar-refractivity contribution in [2.75, 3.05) is 17.2 Å². The molecule has 0 aliphatic heterocycles. The normalized spacial score (nSPS) is 10.0. The van der Waals surface area contributed by atoms with Gasteiger partial charge in [-0.05, 0) is 31.5 Å². The highest BCUT2D eigenvalue weighted by Gasteiger charge is 2.12. The van der Waals surface area contributed by atoms with Crippen molar-refractivity contribution < 1.29 is 4.79 Å². The molecule has 2 rings (SSSR count). The molecule has 0 atom stereocenters. The lowest BCUT2D eigenvalue weighted by atomic mass is 10.2. The van der Waals surface area contributed by atoms with Crippen LogP contribution in [0.1, 0.15) is 22.8 Å². The van der Waals surface area contributed by atoms with Gasteiger partial charge < -0.3 is 10.6 Å². The largest absolute Gasteiger partial charge is 0.383 e. The number of pyridine rings is 2. The standard InChI is InChI=1S/C14H16N4O/c1-3-16-12-9-15-8-6-11(12)14(19)18-13-10(2)5-4-7-17-13/h4-9,16H,3H2,1-2H3,(H,17,18,19). The van der Waals surface area contributed by atoms with Crippen LogP contribution in [0.2, 0.25) is 0 Å². The van der Waals surface area contributed by atoms with Gasteiger partial charge in [-0.2, -0.15) is 0 Å². The summed E-state index contributed by atoms with van der Waals surface area (Å²) in [5.41, 5.74) is 2.20. The molecular weight excluding hydrogens is 240 g/mol. The van der Waals surface area contributed by atoms with Gasteiger partial charge in [0.2, 0.25) is 0 Å². The average molecular weight is 256 g/mol. The fourth-order valence-corrected chi connectivity index (χ4v) is 1.72. The van der Waals surface area contributed by atoms with Crippen LogP contribution in [0.4, 0.5) is 11.5 Å². The van der Waals surface area contributed by atoms with E-state index in [1.165, 1.54) is 0 Å². The summed E-state index contributed by atoms with van der Waals surface area (Å²) in [6.45, 7) is 4.60. The van der Waals surface area contributed by atoms with E-state index in [4.69, 9.17) is 0 Å². The number of amides is 1. The summed E-state index contributed by atoms with van der Waals surface area (Å²) in [6.07, 6.45) is 4.89. The van der Waals surface area contributed by atoms with Gasteiger partial charge in [-0.3, -0.25) is 9.78 Å². The maximum atomic E-state index is 12.2. The van der Waals surface area contributed by atoms with Crippen molar-refractivity contribution in [1.82, 2.24) is 9.97 Å². The Balaban J connectivity index is 2.23. The fourth-order valence-electron chi connectivity index (χ4n) is 1.72. The minimum atomic E-state index is -0.194. The molecule has 0 fully saturated rings. The highest BCUT2D eigenvalue weighted by molar-refractivity contribution is 6.07. The van der Waals surface area contributed by atoms with Crippen molar-refractivity contribution >= 4 is 17.4 Å². The summed E-state index contributed by atoms with van der Waals surface area (Å²) in [6, 6.07) is 5.42. The molecule has 0 unspecified atom stereocenters. The van der Waals surface area contributed by atoms with Crippen molar-refractivity contribution in [1.29, 1.82) is 0 Å². The number of aromatic nitrogens is 2. The van der Waals surface area contributed by atoms with Crippen molar-refractivity contribution in [3.05, 3.63) is 47.9 Å². The van der Waals surface area contributed by atoms with Crippen LogP contribution < -0.4 is 10.6 Å². The molecule has 0 saturated heterocycles. The molecule has 0 aromatic carbocycles. The SMILES string of the molecule is CCNc1cnccc1C(=O)Nc1ncccc1C. The molecule has 5 nitrogen and oxygen atoms in total. The van der Waals surface area contributed by atoms with E-state index in [9.17, 15) is 4.79 Å². The van der Waals surface area contributed by atoms with Gasteiger partial charge in [0.15, 0.2) is 0 Å². The van der Waals surface area contributed by atoms with E-state index in [2.05, 4.69) is 20.6 Å². The highest BCUT2D eigenvalue weighted by Crippen LogP contribution is 2.16. The Morgan fingerprint density at radius 1 is 1.32 bits per heavy atom. The molecule has 0 aliphatic carbocycles. The average Bonchev–Trinajstić information content (AvgIpc) is 2.42. The zero-order chi connectivity index (χ0) is 13.7. The molecule has 19 heavy (non-hydrogen) atoms. The Morgan fingerprint density at radius 3 is 2.89 bits per heavy atom. The number of nitrogens with zero attached hydrogens (tertiary/aromatic N) is 2. The summed E-state index contributed by atoms with van der Waals surface area (Å²) in [5, 5.41) is 5.92. The van der Waals surface area contributed by atoms with E-state index in [1.807, 2.05) is 26.0 Å². The molecule has 2 aromatic heterocycles. The number of hydrogen-bond donors (Lipinski definition) is 2. The predicted molar refractivity (Wildman–Crippen MR) is 75.3 cm³/mol. The Hall–Kier alpha value is -2.43. The molecule has 0 spiro atoms. The minimum Gasteiger partial charge on any atom is -0.383 e. The van der Waals surface area contributed by atoms with Gasteiger partial charge >= 0.3 is 0 Å². The first-order chi connectivity index (χ1) is 9.22. The van der Waals surface area contributed by atoms with Crippen molar-refractivity contribution in [3.8, 4) is 0 Å². The van der Waals surface area contributed by atoms with Gasteiger partial charge in [-0.15, -0.1) is 0 Å². The van der Waals surface area contributed by atoms with Crippen LogP contribution in [-0.4, -0.2) is 22.4 Å². The third-order valence-corrected chi connectivity index (χ3v) is 2.67. The third kappa shape index (κ3) is 3.07. The highest BCUT2D eigenvalue weighted by atomic mass is 16.1.